The van der Waals surface area contributed by atoms with Crippen LogP contribution < -0.4 is 5.32 Å². The first-order chi connectivity index (χ1) is 14.5. The third kappa shape index (κ3) is 5.55. The normalized spacial score (nSPS) is 20.6. The molecule has 0 unspecified atom stereocenters. The summed E-state index contributed by atoms with van der Waals surface area (Å²) >= 11 is 19.0. The number of thioether (sulfide) groups is 1. The van der Waals surface area contributed by atoms with Gasteiger partial charge in [-0.1, -0.05) is 34.8 Å². The number of nitrogens with zero attached hydrogens (tertiary/aromatic N) is 2. The maximum atomic E-state index is 12.6. The van der Waals surface area contributed by atoms with E-state index in [0.29, 0.717) is 5.57 Å². The summed E-state index contributed by atoms with van der Waals surface area (Å²) in [6.07, 6.45) is 0. The van der Waals surface area contributed by atoms with Gasteiger partial charge in [0.1, 0.15) is 30.3 Å². The minimum atomic E-state index is -1.75. The predicted octanol–water partition coefficient (Wildman–Crippen LogP) is 2.27. The highest BCUT2D eigenvalue weighted by Gasteiger charge is 2.54. The van der Waals surface area contributed by atoms with Crippen LogP contribution in [0.15, 0.2) is 16.7 Å². The molecule has 2 atom stereocenters. The second-order valence-corrected chi connectivity index (χ2v) is 10.8. The number of carboxylic acid groups (broad SMARTS) is 1. The van der Waals surface area contributed by atoms with E-state index in [1.807, 2.05) is 0 Å². The number of carboxylic acids is 1. The van der Waals surface area contributed by atoms with Gasteiger partial charge in [-0.05, 0) is 0 Å². The number of ether oxygens (including phenoxy) is 2. The summed E-state index contributed by atoms with van der Waals surface area (Å²) < 4.78 is 7.98. The minimum absolute atomic E-state index is 0.0311. The number of rotatable bonds is 7. The molecule has 0 aromatic carbocycles. The predicted molar refractivity (Wildman–Crippen MR) is 114 cm³/mol. The lowest BCUT2D eigenvalue weighted by atomic mass is 10.0. The van der Waals surface area contributed by atoms with Gasteiger partial charge in [0.15, 0.2) is 10.8 Å². The lowest BCUT2D eigenvalue weighted by molar-refractivity contribution is -0.147. The van der Waals surface area contributed by atoms with Crippen LogP contribution in [0.4, 0.5) is 5.13 Å². The molecule has 0 radical (unpaired) electrons. The van der Waals surface area contributed by atoms with E-state index in [1.165, 1.54) is 24.1 Å². The number of aromatic nitrogens is 1. The lowest BCUT2D eigenvalue weighted by Gasteiger charge is -2.49. The number of β-lactam (4-membered cyclic amide) rings is 1. The standard InChI is InChI=1S/C16H14Cl3N3O7S2/c1-6(23)28-2-7-3-30-12-9(11(24)22(12)10(7)13(25)26)21-15-20-8(4-31-15)14(27)29-5-16(17,18)19/h4,9,12H,2-3,5H2,1H3,(H,20,21)(H,25,26)/t9-,12-/m0/s1. The molecule has 2 N–H and O–H groups in total. The summed E-state index contributed by atoms with van der Waals surface area (Å²) in [5.74, 6) is -2.84. The number of hydrogen-bond acceptors (Lipinski definition) is 10. The van der Waals surface area contributed by atoms with Gasteiger partial charge in [0, 0.05) is 23.6 Å². The zero-order valence-corrected chi connectivity index (χ0v) is 19.5. The molecule has 168 valence electrons. The smallest absolute Gasteiger partial charge is 0.358 e. The highest BCUT2D eigenvalue weighted by Crippen LogP contribution is 2.41. The summed E-state index contributed by atoms with van der Waals surface area (Å²) in [7, 11) is 0. The van der Waals surface area contributed by atoms with Crippen molar-refractivity contribution in [1.29, 1.82) is 0 Å². The Bertz CT molecular complexity index is 962. The monoisotopic (exact) mass is 529 g/mol. The number of nitrogens with one attached hydrogen (secondary N) is 1. The Kier molecular flexibility index (Phi) is 7.26. The van der Waals surface area contributed by atoms with Crippen molar-refractivity contribution >= 4 is 86.8 Å². The van der Waals surface area contributed by atoms with Crippen LogP contribution in [0.1, 0.15) is 17.4 Å². The molecule has 1 aromatic heterocycles. The molecule has 0 aliphatic carbocycles. The Morgan fingerprint density at radius 1 is 1.35 bits per heavy atom. The van der Waals surface area contributed by atoms with Crippen LogP contribution in [-0.4, -0.2) is 73.0 Å². The summed E-state index contributed by atoms with van der Waals surface area (Å²) in [5, 5.41) is 13.6. The number of anilines is 1. The average Bonchev–Trinajstić information content (AvgIpc) is 3.16. The maximum absolute atomic E-state index is 12.6. The number of carbonyl (C=O) groups excluding carboxylic acids is 3. The van der Waals surface area contributed by atoms with E-state index >= 15 is 0 Å². The Morgan fingerprint density at radius 2 is 2.06 bits per heavy atom. The van der Waals surface area contributed by atoms with Crippen LogP contribution in [0.3, 0.4) is 0 Å². The van der Waals surface area contributed by atoms with Crippen LogP contribution in [0, 0.1) is 0 Å². The molecule has 0 saturated carbocycles. The molecule has 3 heterocycles. The van der Waals surface area contributed by atoms with Gasteiger partial charge >= 0.3 is 17.9 Å². The van der Waals surface area contributed by atoms with Gasteiger partial charge in [0.05, 0.1) is 0 Å². The van der Waals surface area contributed by atoms with Crippen LogP contribution in [0.2, 0.25) is 0 Å². The third-order valence-electron chi connectivity index (χ3n) is 4.06. The molecular weight excluding hydrogens is 517 g/mol. The number of halogens is 3. The van der Waals surface area contributed by atoms with Gasteiger partial charge in [-0.2, -0.15) is 0 Å². The summed E-state index contributed by atoms with van der Waals surface area (Å²) in [6, 6.07) is -0.745. The van der Waals surface area contributed by atoms with Crippen molar-refractivity contribution in [1.82, 2.24) is 9.88 Å². The minimum Gasteiger partial charge on any atom is -0.477 e. The summed E-state index contributed by atoms with van der Waals surface area (Å²) in [5.41, 5.74) is 0.114. The van der Waals surface area contributed by atoms with Gasteiger partial charge < -0.3 is 19.9 Å². The molecule has 2 aliphatic heterocycles. The molecule has 15 heteroatoms. The second kappa shape index (κ2) is 9.41. The Hall–Kier alpha value is -1.73. The highest BCUT2D eigenvalue weighted by molar-refractivity contribution is 8.00. The van der Waals surface area contributed by atoms with Crippen molar-refractivity contribution in [2.45, 2.75) is 22.1 Å². The van der Waals surface area contributed by atoms with Gasteiger partial charge in [-0.15, -0.1) is 23.1 Å². The lowest BCUT2D eigenvalue weighted by Crippen LogP contribution is -2.67. The van der Waals surface area contributed by atoms with E-state index in [4.69, 9.17) is 44.3 Å². The summed E-state index contributed by atoms with van der Waals surface area (Å²) in [6.45, 7) is 0.556. The molecule has 1 fully saturated rings. The van der Waals surface area contributed by atoms with E-state index in [0.717, 1.165) is 16.2 Å². The third-order valence-corrected chi connectivity index (χ3v) is 6.50. The van der Waals surface area contributed by atoms with Gasteiger partial charge in [-0.25, -0.2) is 14.6 Å². The molecule has 10 nitrogen and oxygen atoms in total. The second-order valence-electron chi connectivity index (χ2n) is 6.30. The SMILES string of the molecule is CC(=O)OCC1=C(C(=O)O)N2C(=O)[C@H](Nc3nc(C(=O)OCC(Cl)(Cl)Cl)cs3)[C@@H]2SC1. The van der Waals surface area contributed by atoms with E-state index in [9.17, 15) is 24.3 Å². The fraction of sp³-hybridized carbons (Fsp3) is 0.438. The molecule has 1 aromatic rings. The van der Waals surface area contributed by atoms with Crippen LogP contribution in [0.25, 0.3) is 0 Å². The quantitative estimate of drug-likeness (QED) is 0.307. The fourth-order valence-electron chi connectivity index (χ4n) is 2.77. The number of aliphatic carboxylic acids is 1. The fourth-order valence-corrected chi connectivity index (χ4v) is 4.98. The Balaban J connectivity index is 1.67. The zero-order chi connectivity index (χ0) is 22.9. The van der Waals surface area contributed by atoms with E-state index in [1.54, 1.807) is 0 Å². The largest absolute Gasteiger partial charge is 0.477 e. The first-order valence-corrected chi connectivity index (χ1v) is 11.5. The van der Waals surface area contributed by atoms with Crippen molar-refractivity contribution in [2.75, 3.05) is 24.3 Å². The summed E-state index contributed by atoms with van der Waals surface area (Å²) in [4.78, 5) is 52.6. The van der Waals surface area contributed by atoms with Crippen molar-refractivity contribution in [2.24, 2.45) is 0 Å². The van der Waals surface area contributed by atoms with Crippen LogP contribution in [0.5, 0.6) is 0 Å². The zero-order valence-electron chi connectivity index (χ0n) is 15.6. The van der Waals surface area contributed by atoms with E-state index in [-0.39, 0.29) is 28.9 Å². The Morgan fingerprint density at radius 3 is 2.68 bits per heavy atom. The number of carbonyl (C=O) groups is 4. The number of thiazole rings is 1. The first kappa shape index (κ1) is 23.9. The number of amides is 1. The maximum Gasteiger partial charge on any atom is 0.358 e. The highest BCUT2D eigenvalue weighted by atomic mass is 35.6. The average molecular weight is 531 g/mol. The molecule has 2 aliphatic rings. The molecule has 3 rings (SSSR count). The van der Waals surface area contributed by atoms with E-state index < -0.39 is 45.6 Å². The Labute approximate surface area is 198 Å². The van der Waals surface area contributed by atoms with Crippen LogP contribution >= 0.6 is 57.9 Å². The molecular formula is C16H14Cl3N3O7S2. The van der Waals surface area contributed by atoms with Crippen molar-refractivity contribution in [3.05, 3.63) is 22.3 Å². The molecule has 31 heavy (non-hydrogen) atoms. The number of esters is 2. The van der Waals surface area contributed by atoms with Gasteiger partial charge in [-0.3, -0.25) is 14.5 Å². The van der Waals surface area contributed by atoms with Gasteiger partial charge in [0.25, 0.3) is 5.91 Å². The van der Waals surface area contributed by atoms with Crippen LogP contribution in [-0.2, 0) is 23.9 Å². The molecule has 0 bridgehead atoms. The van der Waals surface area contributed by atoms with Crippen molar-refractivity contribution in [3.63, 3.8) is 0 Å². The molecule has 1 amide bonds. The number of alkyl halides is 3. The number of fused-ring (bicyclic) bond motifs is 1. The van der Waals surface area contributed by atoms with Gasteiger partial charge in [0.2, 0.25) is 3.79 Å². The molecule has 0 spiro atoms. The topological polar surface area (TPSA) is 135 Å². The number of hydrogen-bond donors (Lipinski definition) is 2. The first-order valence-electron chi connectivity index (χ1n) is 8.47. The molecule has 1 saturated heterocycles. The van der Waals surface area contributed by atoms with Crippen molar-refractivity contribution < 1.29 is 33.8 Å². The van der Waals surface area contributed by atoms with Crippen molar-refractivity contribution in [3.8, 4) is 0 Å². The van der Waals surface area contributed by atoms with E-state index in [2.05, 4.69) is 10.3 Å².